The number of aryl methyl sites for hydroxylation is 1. The summed E-state index contributed by atoms with van der Waals surface area (Å²) in [6, 6.07) is 12.8. The number of nitrogens with zero attached hydrogens (tertiary/aromatic N) is 1. The van der Waals surface area contributed by atoms with Crippen molar-refractivity contribution >= 4 is 5.69 Å². The zero-order chi connectivity index (χ0) is 15.5. The summed E-state index contributed by atoms with van der Waals surface area (Å²) in [4.78, 5) is 0. The maximum absolute atomic E-state index is 13.0. The molecule has 0 amide bonds. The van der Waals surface area contributed by atoms with Gasteiger partial charge in [-0.05, 0) is 30.7 Å². The monoisotopic (exact) mass is 290 g/mol. The lowest BCUT2D eigenvalue weighted by Crippen LogP contribution is -2.11. The zero-order valence-corrected chi connectivity index (χ0v) is 11.3. The van der Waals surface area contributed by atoms with Crippen LogP contribution in [0.15, 0.2) is 42.5 Å². The van der Waals surface area contributed by atoms with E-state index in [1.54, 1.807) is 6.07 Å². The predicted molar refractivity (Wildman–Crippen MR) is 74.7 cm³/mol. The predicted octanol–water partition coefficient (Wildman–Crippen LogP) is 4.50. The molecule has 0 fully saturated rings. The van der Waals surface area contributed by atoms with Crippen LogP contribution in [0.1, 0.15) is 22.3 Å². The summed E-state index contributed by atoms with van der Waals surface area (Å²) >= 11 is 0. The Labute approximate surface area is 120 Å². The van der Waals surface area contributed by atoms with Gasteiger partial charge in [-0.1, -0.05) is 29.8 Å². The first-order valence-corrected chi connectivity index (χ1v) is 6.31. The van der Waals surface area contributed by atoms with Crippen LogP contribution >= 0.6 is 0 Å². The van der Waals surface area contributed by atoms with Crippen LogP contribution < -0.4 is 5.32 Å². The molecule has 0 radical (unpaired) electrons. The second-order valence-electron chi connectivity index (χ2n) is 4.71. The number of anilines is 1. The Hall–Kier alpha value is -2.48. The van der Waals surface area contributed by atoms with Crippen LogP contribution in [0.4, 0.5) is 18.9 Å². The molecule has 0 bridgehead atoms. The van der Waals surface area contributed by atoms with E-state index in [-0.39, 0.29) is 17.8 Å². The summed E-state index contributed by atoms with van der Waals surface area (Å²) in [5.74, 6) is 0. The molecule has 2 rings (SSSR count). The van der Waals surface area contributed by atoms with Gasteiger partial charge in [0.2, 0.25) is 0 Å². The minimum absolute atomic E-state index is 0.0109. The van der Waals surface area contributed by atoms with Crippen molar-refractivity contribution in [3.8, 4) is 6.07 Å². The first kappa shape index (κ1) is 14.9. The number of halogens is 3. The molecule has 0 saturated carbocycles. The number of benzene rings is 2. The standard InChI is InChI=1S/C16H13F3N2/c1-11-2-4-12(5-3-11)10-21-15-7-6-13(9-20)8-14(15)16(17,18)19/h2-8,21H,10H2,1H3. The average molecular weight is 290 g/mol. The van der Waals surface area contributed by atoms with Crippen LogP contribution in [0.25, 0.3) is 0 Å². The van der Waals surface area contributed by atoms with E-state index in [9.17, 15) is 13.2 Å². The van der Waals surface area contributed by atoms with Crippen molar-refractivity contribution in [2.45, 2.75) is 19.6 Å². The molecule has 0 aliphatic carbocycles. The summed E-state index contributed by atoms with van der Waals surface area (Å²) in [7, 11) is 0. The van der Waals surface area contributed by atoms with Crippen LogP contribution in [0.3, 0.4) is 0 Å². The lowest BCUT2D eigenvalue weighted by Gasteiger charge is -2.15. The third kappa shape index (κ3) is 3.76. The van der Waals surface area contributed by atoms with E-state index in [1.165, 1.54) is 12.1 Å². The number of alkyl halides is 3. The Bertz CT molecular complexity index is 667. The Morgan fingerprint density at radius 2 is 1.76 bits per heavy atom. The van der Waals surface area contributed by atoms with Gasteiger partial charge in [-0.15, -0.1) is 0 Å². The lowest BCUT2D eigenvalue weighted by molar-refractivity contribution is -0.137. The fraction of sp³-hybridized carbons (Fsp3) is 0.188. The molecule has 0 aromatic heterocycles. The van der Waals surface area contributed by atoms with Gasteiger partial charge in [-0.2, -0.15) is 18.4 Å². The van der Waals surface area contributed by atoms with Crippen LogP contribution in [0, 0.1) is 18.3 Å². The van der Waals surface area contributed by atoms with Crippen LogP contribution in [0.2, 0.25) is 0 Å². The Balaban J connectivity index is 2.23. The van der Waals surface area contributed by atoms with Gasteiger partial charge in [0.25, 0.3) is 0 Å². The van der Waals surface area contributed by atoms with Crippen molar-refractivity contribution in [1.29, 1.82) is 5.26 Å². The van der Waals surface area contributed by atoms with Crippen LogP contribution in [-0.4, -0.2) is 0 Å². The van der Waals surface area contributed by atoms with Gasteiger partial charge in [-0.25, -0.2) is 0 Å². The summed E-state index contributed by atoms with van der Waals surface area (Å²) < 4.78 is 39.0. The van der Waals surface area contributed by atoms with Crippen LogP contribution in [-0.2, 0) is 12.7 Å². The molecule has 1 N–H and O–H groups in total. The zero-order valence-electron chi connectivity index (χ0n) is 11.3. The minimum Gasteiger partial charge on any atom is -0.380 e. The quantitative estimate of drug-likeness (QED) is 0.903. The Kier molecular flexibility index (Phi) is 4.18. The van der Waals surface area contributed by atoms with Crippen LogP contribution in [0.5, 0.6) is 0 Å². The van der Waals surface area contributed by atoms with Crippen molar-refractivity contribution in [1.82, 2.24) is 0 Å². The highest BCUT2D eigenvalue weighted by Crippen LogP contribution is 2.35. The van der Waals surface area contributed by atoms with Crippen molar-refractivity contribution in [3.05, 3.63) is 64.7 Å². The number of hydrogen-bond acceptors (Lipinski definition) is 2. The fourth-order valence-electron chi connectivity index (χ4n) is 1.91. The van der Waals surface area contributed by atoms with E-state index in [2.05, 4.69) is 5.32 Å². The minimum atomic E-state index is -4.50. The molecule has 0 spiro atoms. The molecule has 21 heavy (non-hydrogen) atoms. The van der Waals surface area contributed by atoms with Gasteiger partial charge in [0.15, 0.2) is 0 Å². The topological polar surface area (TPSA) is 35.8 Å². The summed E-state index contributed by atoms with van der Waals surface area (Å²) in [6.07, 6.45) is -4.50. The number of nitrogens with one attached hydrogen (secondary N) is 1. The maximum Gasteiger partial charge on any atom is 0.418 e. The Morgan fingerprint density at radius 3 is 2.33 bits per heavy atom. The van der Waals surface area contributed by atoms with E-state index in [4.69, 9.17) is 5.26 Å². The molecule has 0 aliphatic heterocycles. The van der Waals surface area contributed by atoms with Crippen molar-refractivity contribution in [2.75, 3.05) is 5.32 Å². The molecule has 0 atom stereocenters. The Morgan fingerprint density at radius 1 is 1.10 bits per heavy atom. The fourth-order valence-corrected chi connectivity index (χ4v) is 1.91. The van der Waals surface area contributed by atoms with Crippen molar-refractivity contribution in [2.24, 2.45) is 0 Å². The highest BCUT2D eigenvalue weighted by Gasteiger charge is 2.33. The average Bonchev–Trinajstić information content (AvgIpc) is 2.45. The van der Waals surface area contributed by atoms with Crippen molar-refractivity contribution < 1.29 is 13.2 Å². The number of rotatable bonds is 3. The van der Waals surface area contributed by atoms with E-state index >= 15 is 0 Å². The first-order valence-electron chi connectivity index (χ1n) is 6.31. The van der Waals surface area contributed by atoms with Crippen molar-refractivity contribution in [3.63, 3.8) is 0 Å². The molecule has 0 saturated heterocycles. The molecule has 0 aliphatic rings. The van der Waals surface area contributed by atoms with Gasteiger partial charge < -0.3 is 5.32 Å². The SMILES string of the molecule is Cc1ccc(CNc2ccc(C#N)cc2C(F)(F)F)cc1. The van der Waals surface area contributed by atoms with E-state index in [0.29, 0.717) is 0 Å². The summed E-state index contributed by atoms with van der Waals surface area (Å²) in [5.41, 5.74) is 1.12. The third-order valence-electron chi connectivity index (χ3n) is 3.06. The third-order valence-corrected chi connectivity index (χ3v) is 3.06. The molecule has 0 unspecified atom stereocenters. The summed E-state index contributed by atoms with van der Waals surface area (Å²) in [5, 5.41) is 11.5. The molecular weight excluding hydrogens is 277 g/mol. The number of hydrogen-bond donors (Lipinski definition) is 1. The molecule has 108 valence electrons. The molecular formula is C16H13F3N2. The highest BCUT2D eigenvalue weighted by atomic mass is 19.4. The van der Waals surface area contributed by atoms with E-state index in [1.807, 2.05) is 31.2 Å². The molecule has 2 nitrogen and oxygen atoms in total. The molecule has 0 heterocycles. The van der Waals surface area contributed by atoms with E-state index in [0.717, 1.165) is 17.2 Å². The lowest BCUT2D eigenvalue weighted by atomic mass is 10.1. The van der Waals surface area contributed by atoms with Gasteiger partial charge in [0, 0.05) is 12.2 Å². The van der Waals surface area contributed by atoms with Gasteiger partial charge in [0.05, 0.1) is 17.2 Å². The van der Waals surface area contributed by atoms with Gasteiger partial charge in [-0.3, -0.25) is 0 Å². The summed E-state index contributed by atoms with van der Waals surface area (Å²) in [6.45, 7) is 2.23. The normalized spacial score (nSPS) is 11.0. The molecule has 2 aromatic carbocycles. The smallest absolute Gasteiger partial charge is 0.380 e. The molecule has 5 heteroatoms. The molecule has 2 aromatic rings. The van der Waals surface area contributed by atoms with Gasteiger partial charge >= 0.3 is 6.18 Å². The number of nitriles is 1. The highest BCUT2D eigenvalue weighted by molar-refractivity contribution is 5.56. The van der Waals surface area contributed by atoms with Gasteiger partial charge in [0.1, 0.15) is 0 Å². The first-order chi connectivity index (χ1) is 9.90. The second-order valence-corrected chi connectivity index (χ2v) is 4.71. The van der Waals surface area contributed by atoms with E-state index < -0.39 is 11.7 Å². The largest absolute Gasteiger partial charge is 0.418 e. The second kappa shape index (κ2) is 5.88. The maximum atomic E-state index is 13.0.